The monoisotopic (exact) mass is 347 g/mol. The number of hydrogen-bond donors (Lipinski definition) is 0. The van der Waals surface area contributed by atoms with E-state index >= 15 is 0 Å². The quantitative estimate of drug-likeness (QED) is 0.531. The molecule has 0 aliphatic rings. The van der Waals surface area contributed by atoms with Crippen LogP contribution >= 0.6 is 0 Å². The van der Waals surface area contributed by atoms with Crippen LogP contribution in [0.15, 0.2) is 90.0 Å². The van der Waals surface area contributed by atoms with Crippen molar-refractivity contribution in [3.63, 3.8) is 0 Å². The molecule has 124 valence electrons. The predicted molar refractivity (Wildman–Crippen MR) is 101 cm³/mol. The molecule has 0 saturated heterocycles. The van der Waals surface area contributed by atoms with E-state index in [1.54, 1.807) is 18.3 Å². The molecule has 0 unspecified atom stereocenters. The van der Waals surface area contributed by atoms with Crippen LogP contribution < -0.4 is 0 Å². The highest BCUT2D eigenvalue weighted by Gasteiger charge is 2.18. The number of aromatic nitrogens is 1. The summed E-state index contributed by atoms with van der Waals surface area (Å²) in [5.74, 6) is 0. The molecule has 3 nitrogen and oxygen atoms in total. The first-order valence-corrected chi connectivity index (χ1v) is 9.48. The van der Waals surface area contributed by atoms with E-state index < -0.39 is 10.0 Å². The number of fused-ring (bicyclic) bond motifs is 1. The largest absolute Gasteiger partial charge is 0.268 e. The van der Waals surface area contributed by atoms with E-state index in [4.69, 9.17) is 0 Å². The maximum Gasteiger partial charge on any atom is 0.268 e. The third-order valence-corrected chi connectivity index (χ3v) is 6.04. The van der Waals surface area contributed by atoms with Crippen molar-refractivity contribution < 1.29 is 8.42 Å². The molecule has 0 aliphatic heterocycles. The van der Waals surface area contributed by atoms with Gasteiger partial charge in [-0.3, -0.25) is 0 Å². The number of benzene rings is 3. The third-order valence-electron chi connectivity index (χ3n) is 4.34. The summed E-state index contributed by atoms with van der Waals surface area (Å²) in [6.45, 7) is 1.94. The van der Waals surface area contributed by atoms with Gasteiger partial charge in [-0.15, -0.1) is 0 Å². The summed E-state index contributed by atoms with van der Waals surface area (Å²) in [6.07, 6.45) is 1.62. The molecule has 4 heteroatoms. The number of nitrogens with zero attached hydrogens (tertiary/aromatic N) is 1. The summed E-state index contributed by atoms with van der Waals surface area (Å²) in [5.41, 5.74) is 3.89. The molecule has 0 radical (unpaired) electrons. The first-order valence-electron chi connectivity index (χ1n) is 8.04. The summed E-state index contributed by atoms with van der Waals surface area (Å²) in [7, 11) is -3.60. The lowest BCUT2D eigenvalue weighted by atomic mass is 10.0. The molecule has 3 aromatic carbocycles. The van der Waals surface area contributed by atoms with Crippen molar-refractivity contribution in [3.05, 3.63) is 90.6 Å². The molecule has 0 aliphatic carbocycles. The number of aryl methyl sites for hydroxylation is 1. The minimum Gasteiger partial charge on any atom is -0.241 e. The fraction of sp³-hybridized carbons (Fsp3) is 0.0476. The first-order chi connectivity index (χ1) is 12.1. The first kappa shape index (κ1) is 15.7. The van der Waals surface area contributed by atoms with E-state index in [-0.39, 0.29) is 0 Å². The van der Waals surface area contributed by atoms with Crippen LogP contribution in [0.3, 0.4) is 0 Å². The molecule has 0 fully saturated rings. The van der Waals surface area contributed by atoms with Gasteiger partial charge in [-0.1, -0.05) is 54.1 Å². The maximum absolute atomic E-state index is 12.9. The van der Waals surface area contributed by atoms with Crippen molar-refractivity contribution in [3.8, 4) is 11.1 Å². The average Bonchev–Trinajstić information content (AvgIpc) is 3.07. The smallest absolute Gasteiger partial charge is 0.241 e. The molecule has 0 amide bonds. The Hall–Kier alpha value is -2.85. The zero-order valence-corrected chi connectivity index (χ0v) is 14.6. The van der Waals surface area contributed by atoms with Crippen molar-refractivity contribution in [2.45, 2.75) is 11.8 Å². The van der Waals surface area contributed by atoms with Gasteiger partial charge in [0, 0.05) is 11.6 Å². The molecule has 0 N–H and O–H groups in total. The second-order valence-corrected chi connectivity index (χ2v) is 7.88. The molecule has 0 atom stereocenters. The topological polar surface area (TPSA) is 39.1 Å². The van der Waals surface area contributed by atoms with E-state index in [9.17, 15) is 8.42 Å². The van der Waals surface area contributed by atoms with Crippen LogP contribution in [0.1, 0.15) is 5.56 Å². The Morgan fingerprint density at radius 1 is 0.760 bits per heavy atom. The third kappa shape index (κ3) is 2.75. The van der Waals surface area contributed by atoms with Gasteiger partial charge < -0.3 is 0 Å². The van der Waals surface area contributed by atoms with Crippen LogP contribution in [0.4, 0.5) is 0 Å². The van der Waals surface area contributed by atoms with Gasteiger partial charge in [-0.25, -0.2) is 12.4 Å². The van der Waals surface area contributed by atoms with E-state index in [1.807, 2.05) is 73.7 Å². The molecule has 4 aromatic rings. The lowest BCUT2D eigenvalue weighted by molar-refractivity contribution is 0.589. The zero-order valence-electron chi connectivity index (χ0n) is 13.8. The lowest BCUT2D eigenvalue weighted by Crippen LogP contribution is -2.11. The van der Waals surface area contributed by atoms with Crippen molar-refractivity contribution in [2.75, 3.05) is 0 Å². The van der Waals surface area contributed by atoms with Gasteiger partial charge in [0.15, 0.2) is 0 Å². The summed E-state index contributed by atoms with van der Waals surface area (Å²) in [6, 6.07) is 24.7. The Bertz CT molecular complexity index is 1140. The van der Waals surface area contributed by atoms with Crippen LogP contribution in [0.5, 0.6) is 0 Å². The highest BCUT2D eigenvalue weighted by atomic mass is 32.2. The summed E-state index contributed by atoms with van der Waals surface area (Å²) >= 11 is 0. The van der Waals surface area contributed by atoms with Gasteiger partial charge in [-0.05, 0) is 48.4 Å². The molecular weight excluding hydrogens is 330 g/mol. The molecular formula is C21H17NO2S. The van der Waals surface area contributed by atoms with Crippen molar-refractivity contribution in [1.82, 2.24) is 3.97 Å². The molecule has 4 rings (SSSR count). The lowest BCUT2D eigenvalue weighted by Gasteiger charge is -2.09. The maximum atomic E-state index is 12.9. The highest BCUT2D eigenvalue weighted by Crippen LogP contribution is 2.27. The van der Waals surface area contributed by atoms with Gasteiger partial charge in [0.2, 0.25) is 0 Å². The second kappa shape index (κ2) is 5.90. The normalized spacial score (nSPS) is 11.7. The van der Waals surface area contributed by atoms with Gasteiger partial charge in [0.05, 0.1) is 10.4 Å². The van der Waals surface area contributed by atoms with E-state index in [1.165, 1.54) is 3.97 Å². The molecule has 0 bridgehead atoms. The Balaban J connectivity index is 1.83. The Labute approximate surface area is 147 Å². The minimum absolute atomic E-state index is 0.294. The fourth-order valence-electron chi connectivity index (χ4n) is 2.96. The van der Waals surface area contributed by atoms with Gasteiger partial charge >= 0.3 is 0 Å². The van der Waals surface area contributed by atoms with Crippen molar-refractivity contribution in [1.29, 1.82) is 0 Å². The molecule has 0 saturated carbocycles. The van der Waals surface area contributed by atoms with Gasteiger partial charge in [0.25, 0.3) is 10.0 Å². The Kier molecular flexibility index (Phi) is 3.70. The van der Waals surface area contributed by atoms with Crippen LogP contribution in [0, 0.1) is 6.92 Å². The van der Waals surface area contributed by atoms with Gasteiger partial charge in [0.1, 0.15) is 0 Å². The molecule has 25 heavy (non-hydrogen) atoms. The fourth-order valence-corrected chi connectivity index (χ4v) is 4.31. The minimum atomic E-state index is -3.60. The summed E-state index contributed by atoms with van der Waals surface area (Å²) in [4.78, 5) is 0.294. The number of hydrogen-bond acceptors (Lipinski definition) is 2. The Morgan fingerprint density at radius 3 is 2.20 bits per heavy atom. The molecule has 1 aromatic heterocycles. The van der Waals surface area contributed by atoms with Crippen LogP contribution in [-0.2, 0) is 10.0 Å². The van der Waals surface area contributed by atoms with E-state index in [2.05, 4.69) is 0 Å². The van der Waals surface area contributed by atoms with Crippen molar-refractivity contribution in [2.24, 2.45) is 0 Å². The zero-order chi connectivity index (χ0) is 17.4. The van der Waals surface area contributed by atoms with Crippen LogP contribution in [0.25, 0.3) is 22.0 Å². The summed E-state index contributed by atoms with van der Waals surface area (Å²) in [5, 5.41) is 0.900. The van der Waals surface area contributed by atoms with Gasteiger partial charge in [-0.2, -0.15) is 0 Å². The Morgan fingerprint density at radius 2 is 1.48 bits per heavy atom. The van der Waals surface area contributed by atoms with E-state index in [0.717, 1.165) is 22.1 Å². The standard InChI is InChI=1S/C21H17NO2S/c1-16-7-10-20(11-8-16)25(23,24)22-14-13-19-15-18(9-12-21(19)22)17-5-3-2-4-6-17/h2-15H,1H3. The van der Waals surface area contributed by atoms with Crippen LogP contribution in [-0.4, -0.2) is 12.4 Å². The SMILES string of the molecule is Cc1ccc(S(=O)(=O)n2ccc3cc(-c4ccccc4)ccc32)cc1. The molecule has 1 heterocycles. The van der Waals surface area contributed by atoms with E-state index in [0.29, 0.717) is 10.4 Å². The van der Waals surface area contributed by atoms with Crippen molar-refractivity contribution >= 4 is 20.9 Å². The highest BCUT2D eigenvalue weighted by molar-refractivity contribution is 7.90. The average molecular weight is 347 g/mol. The summed E-state index contributed by atoms with van der Waals surface area (Å²) < 4.78 is 27.2. The van der Waals surface area contributed by atoms with Crippen LogP contribution in [0.2, 0.25) is 0 Å². The number of rotatable bonds is 3. The predicted octanol–water partition coefficient (Wildman–Crippen LogP) is 4.85. The second-order valence-electron chi connectivity index (χ2n) is 6.07. The molecule has 0 spiro atoms.